The number of hydrogen-bond acceptors (Lipinski definition) is 6. The van der Waals surface area contributed by atoms with E-state index in [1.54, 1.807) is 0 Å². The molecule has 0 bridgehead atoms. The highest BCUT2D eigenvalue weighted by Gasteiger charge is 2.22. The minimum Gasteiger partial charge on any atom is -0.362 e. The van der Waals surface area contributed by atoms with Crippen LogP contribution in [0.25, 0.3) is 10.9 Å². The lowest BCUT2D eigenvalue weighted by Crippen LogP contribution is -2.31. The molecule has 0 saturated heterocycles. The van der Waals surface area contributed by atoms with E-state index >= 15 is 0 Å². The molecule has 6 heteroatoms. The standard InChI is InChI=1S/C23H30N6/c1-29(2)22-20-7-3-4-8-21(20)27-23(28-22)26-19-11-9-17(10-12-19)14-25-16-18-6-5-13-24-15-18/h3-8,13,15,17,19,25H,9-12,14,16H2,1-2H3,(H,26,27,28). The average molecular weight is 391 g/mol. The van der Waals surface area contributed by atoms with Crippen LogP contribution in [0.2, 0.25) is 0 Å². The van der Waals surface area contributed by atoms with Gasteiger partial charge in [-0.15, -0.1) is 0 Å². The summed E-state index contributed by atoms with van der Waals surface area (Å²) in [5, 5.41) is 8.27. The van der Waals surface area contributed by atoms with Crippen molar-refractivity contribution in [3.05, 3.63) is 54.4 Å². The molecule has 0 spiro atoms. The van der Waals surface area contributed by atoms with E-state index in [0.29, 0.717) is 6.04 Å². The van der Waals surface area contributed by atoms with Crippen LogP contribution in [0, 0.1) is 5.92 Å². The number of aromatic nitrogens is 3. The molecule has 6 nitrogen and oxygen atoms in total. The summed E-state index contributed by atoms with van der Waals surface area (Å²) in [6.45, 7) is 1.96. The van der Waals surface area contributed by atoms with E-state index in [9.17, 15) is 0 Å². The summed E-state index contributed by atoms with van der Waals surface area (Å²) < 4.78 is 0. The molecular formula is C23H30N6. The average Bonchev–Trinajstić information content (AvgIpc) is 2.75. The highest BCUT2D eigenvalue weighted by molar-refractivity contribution is 5.90. The van der Waals surface area contributed by atoms with Gasteiger partial charge in [-0.05, 0) is 61.9 Å². The summed E-state index contributed by atoms with van der Waals surface area (Å²) >= 11 is 0. The molecule has 1 saturated carbocycles. The topological polar surface area (TPSA) is 66.0 Å². The molecule has 2 heterocycles. The van der Waals surface area contributed by atoms with Gasteiger partial charge in [-0.25, -0.2) is 4.98 Å². The molecule has 1 aliphatic rings. The molecule has 152 valence electrons. The van der Waals surface area contributed by atoms with Gasteiger partial charge in [-0.3, -0.25) is 4.98 Å². The van der Waals surface area contributed by atoms with Crippen molar-refractivity contribution in [1.29, 1.82) is 0 Å². The minimum atomic E-state index is 0.445. The van der Waals surface area contributed by atoms with Gasteiger partial charge in [-0.1, -0.05) is 18.2 Å². The molecule has 0 amide bonds. The quantitative estimate of drug-likeness (QED) is 0.639. The van der Waals surface area contributed by atoms with E-state index in [0.717, 1.165) is 54.5 Å². The van der Waals surface area contributed by atoms with Crippen LogP contribution in [-0.2, 0) is 6.54 Å². The maximum Gasteiger partial charge on any atom is 0.225 e. The summed E-state index contributed by atoms with van der Waals surface area (Å²) in [4.78, 5) is 15.8. The molecule has 0 aliphatic heterocycles. The van der Waals surface area contributed by atoms with Gasteiger partial charge in [0.05, 0.1) is 5.52 Å². The number of rotatable bonds is 7. The van der Waals surface area contributed by atoms with Crippen molar-refractivity contribution >= 4 is 22.7 Å². The van der Waals surface area contributed by atoms with E-state index in [2.05, 4.69) is 38.7 Å². The predicted octanol–water partition coefficient (Wildman–Crippen LogP) is 3.85. The fourth-order valence-corrected chi connectivity index (χ4v) is 4.08. The van der Waals surface area contributed by atoms with Gasteiger partial charge in [0.2, 0.25) is 5.95 Å². The molecule has 0 radical (unpaired) electrons. The first kappa shape index (κ1) is 19.6. The first-order valence-electron chi connectivity index (χ1n) is 10.5. The SMILES string of the molecule is CN(C)c1nc(NC2CCC(CNCc3cccnc3)CC2)nc2ccccc12. The summed E-state index contributed by atoms with van der Waals surface area (Å²) in [6.07, 6.45) is 8.52. The highest BCUT2D eigenvalue weighted by Crippen LogP contribution is 2.28. The fraction of sp³-hybridized carbons (Fsp3) is 0.435. The number of hydrogen-bond donors (Lipinski definition) is 2. The Morgan fingerprint density at radius 3 is 2.59 bits per heavy atom. The Morgan fingerprint density at radius 2 is 1.83 bits per heavy atom. The Bertz CT molecular complexity index is 919. The number of benzene rings is 1. The van der Waals surface area contributed by atoms with Crippen LogP contribution in [0.15, 0.2) is 48.8 Å². The lowest BCUT2D eigenvalue weighted by atomic mass is 9.86. The Hall–Kier alpha value is -2.73. The van der Waals surface area contributed by atoms with Crippen molar-refractivity contribution < 1.29 is 0 Å². The Kier molecular flexibility index (Phi) is 6.20. The molecule has 1 aliphatic carbocycles. The first-order valence-corrected chi connectivity index (χ1v) is 10.5. The minimum absolute atomic E-state index is 0.445. The monoisotopic (exact) mass is 390 g/mol. The number of pyridine rings is 1. The van der Waals surface area contributed by atoms with Gasteiger partial charge in [0.1, 0.15) is 5.82 Å². The van der Waals surface area contributed by atoms with Crippen LogP contribution < -0.4 is 15.5 Å². The molecule has 4 rings (SSSR count). The van der Waals surface area contributed by atoms with Crippen molar-refractivity contribution in [2.24, 2.45) is 5.92 Å². The zero-order chi connectivity index (χ0) is 20.1. The van der Waals surface area contributed by atoms with Gasteiger partial charge >= 0.3 is 0 Å². The van der Waals surface area contributed by atoms with Crippen LogP contribution in [0.1, 0.15) is 31.2 Å². The molecule has 1 aromatic carbocycles. The van der Waals surface area contributed by atoms with Gasteiger partial charge < -0.3 is 15.5 Å². The van der Waals surface area contributed by atoms with Crippen molar-refractivity contribution in [3.63, 3.8) is 0 Å². The van der Waals surface area contributed by atoms with Crippen molar-refractivity contribution in [1.82, 2.24) is 20.3 Å². The maximum absolute atomic E-state index is 4.78. The molecular weight excluding hydrogens is 360 g/mol. The molecule has 2 aromatic heterocycles. The summed E-state index contributed by atoms with van der Waals surface area (Å²) in [6, 6.07) is 12.8. The normalized spacial score (nSPS) is 19.2. The van der Waals surface area contributed by atoms with Crippen molar-refractivity contribution in [3.8, 4) is 0 Å². The van der Waals surface area contributed by atoms with E-state index in [4.69, 9.17) is 9.97 Å². The van der Waals surface area contributed by atoms with Crippen LogP contribution in [0.5, 0.6) is 0 Å². The van der Waals surface area contributed by atoms with Crippen LogP contribution in [0.4, 0.5) is 11.8 Å². The molecule has 2 N–H and O–H groups in total. The summed E-state index contributed by atoms with van der Waals surface area (Å²) in [7, 11) is 4.06. The van der Waals surface area contributed by atoms with Crippen LogP contribution in [0.3, 0.4) is 0 Å². The summed E-state index contributed by atoms with van der Waals surface area (Å²) in [5.74, 6) is 2.44. The second-order valence-electron chi connectivity index (χ2n) is 8.14. The van der Waals surface area contributed by atoms with Crippen molar-refractivity contribution in [2.45, 2.75) is 38.3 Å². The number of nitrogens with zero attached hydrogens (tertiary/aromatic N) is 4. The Morgan fingerprint density at radius 1 is 1.00 bits per heavy atom. The van der Waals surface area contributed by atoms with Crippen LogP contribution >= 0.6 is 0 Å². The predicted molar refractivity (Wildman–Crippen MR) is 119 cm³/mol. The van der Waals surface area contributed by atoms with E-state index in [1.807, 2.05) is 44.7 Å². The lowest BCUT2D eigenvalue weighted by Gasteiger charge is -2.29. The number of nitrogens with one attached hydrogen (secondary N) is 2. The largest absolute Gasteiger partial charge is 0.362 e. The first-order chi connectivity index (χ1) is 14.2. The third kappa shape index (κ3) is 5.01. The Balaban J connectivity index is 1.30. The smallest absolute Gasteiger partial charge is 0.225 e. The number of anilines is 2. The molecule has 3 aromatic rings. The molecule has 29 heavy (non-hydrogen) atoms. The van der Waals surface area contributed by atoms with E-state index in [-0.39, 0.29) is 0 Å². The summed E-state index contributed by atoms with van der Waals surface area (Å²) in [5.41, 5.74) is 2.23. The number of fused-ring (bicyclic) bond motifs is 1. The fourth-order valence-electron chi connectivity index (χ4n) is 4.08. The zero-order valence-corrected chi connectivity index (χ0v) is 17.3. The van der Waals surface area contributed by atoms with Gasteiger partial charge in [-0.2, -0.15) is 4.98 Å². The van der Waals surface area contributed by atoms with Crippen LogP contribution in [-0.4, -0.2) is 41.6 Å². The van der Waals surface area contributed by atoms with E-state index < -0.39 is 0 Å². The van der Waals surface area contributed by atoms with Crippen molar-refractivity contribution in [2.75, 3.05) is 30.9 Å². The van der Waals surface area contributed by atoms with Gasteiger partial charge in [0.25, 0.3) is 0 Å². The third-order valence-corrected chi connectivity index (χ3v) is 5.67. The Labute approximate surface area is 172 Å². The number of para-hydroxylation sites is 1. The maximum atomic E-state index is 4.78. The third-order valence-electron chi connectivity index (χ3n) is 5.67. The van der Waals surface area contributed by atoms with Gasteiger partial charge in [0.15, 0.2) is 0 Å². The van der Waals surface area contributed by atoms with E-state index in [1.165, 1.54) is 18.4 Å². The highest BCUT2D eigenvalue weighted by atomic mass is 15.2. The second-order valence-corrected chi connectivity index (χ2v) is 8.14. The zero-order valence-electron chi connectivity index (χ0n) is 17.3. The lowest BCUT2D eigenvalue weighted by molar-refractivity contribution is 0.323. The molecule has 0 unspecified atom stereocenters. The van der Waals surface area contributed by atoms with Gasteiger partial charge in [0, 0.05) is 44.5 Å². The molecule has 1 fully saturated rings. The molecule has 0 atom stereocenters. The second kappa shape index (κ2) is 9.18.